The number of thiophene rings is 1. The molecule has 0 bridgehead atoms. The van der Waals surface area contributed by atoms with Crippen LogP contribution in [-0.4, -0.2) is 56.3 Å². The average molecular weight is 465 g/mol. The van der Waals surface area contributed by atoms with Gasteiger partial charge in [-0.15, -0.1) is 11.3 Å². The average Bonchev–Trinajstić information content (AvgIpc) is 3.17. The summed E-state index contributed by atoms with van der Waals surface area (Å²) in [6.07, 6.45) is 6.55. The van der Waals surface area contributed by atoms with E-state index in [4.69, 9.17) is 11.6 Å². The lowest BCUT2D eigenvalue weighted by atomic mass is 9.94. The van der Waals surface area contributed by atoms with Gasteiger partial charge in [0.2, 0.25) is 0 Å². The van der Waals surface area contributed by atoms with Crippen molar-refractivity contribution in [3.05, 3.63) is 39.7 Å². The molecule has 30 heavy (non-hydrogen) atoms. The van der Waals surface area contributed by atoms with Crippen LogP contribution in [0.4, 0.5) is 0 Å². The number of sulfone groups is 1. The summed E-state index contributed by atoms with van der Waals surface area (Å²) in [5.41, 5.74) is 1.38. The van der Waals surface area contributed by atoms with Crippen LogP contribution in [0.25, 0.3) is 10.4 Å². The van der Waals surface area contributed by atoms with E-state index in [2.05, 4.69) is 4.90 Å². The molecule has 0 unspecified atom stereocenters. The Hall–Kier alpha value is -1.41. The molecule has 2 aliphatic heterocycles. The van der Waals surface area contributed by atoms with Crippen molar-refractivity contribution in [3.63, 3.8) is 0 Å². The first-order chi connectivity index (χ1) is 14.4. The molecule has 3 heterocycles. The van der Waals surface area contributed by atoms with Crippen molar-refractivity contribution in [2.24, 2.45) is 0 Å². The number of hydrogen-bond acceptors (Lipinski definition) is 5. The van der Waals surface area contributed by atoms with E-state index in [1.54, 1.807) is 18.2 Å². The number of benzene rings is 1. The summed E-state index contributed by atoms with van der Waals surface area (Å²) in [6.45, 7) is 3.33. The minimum Gasteiger partial charge on any atom is -0.335 e. The van der Waals surface area contributed by atoms with Gasteiger partial charge in [0.15, 0.2) is 9.84 Å². The molecule has 1 aliphatic carbocycles. The molecule has 0 spiro atoms. The number of amides is 1. The van der Waals surface area contributed by atoms with Crippen LogP contribution in [0.15, 0.2) is 29.2 Å². The predicted octanol–water partition coefficient (Wildman–Crippen LogP) is 4.45. The maximum absolute atomic E-state index is 13.2. The number of halogens is 1. The quantitative estimate of drug-likeness (QED) is 0.659. The number of nitrogens with zero attached hydrogens (tertiary/aromatic N) is 2. The van der Waals surface area contributed by atoms with Crippen molar-refractivity contribution in [2.75, 3.05) is 26.2 Å². The normalized spacial score (nSPS) is 21.8. The fraction of sp³-hybridized carbons (Fsp3) is 0.500. The van der Waals surface area contributed by atoms with E-state index in [-0.39, 0.29) is 16.6 Å². The minimum atomic E-state index is -3.44. The second-order valence-electron chi connectivity index (χ2n) is 8.48. The summed E-state index contributed by atoms with van der Waals surface area (Å²) in [4.78, 5) is 19.4. The van der Waals surface area contributed by atoms with E-state index >= 15 is 0 Å². The second-order valence-corrected chi connectivity index (χ2v) is 11.9. The molecule has 1 aromatic carbocycles. The first-order valence-electron chi connectivity index (χ1n) is 10.6. The fourth-order valence-electron chi connectivity index (χ4n) is 4.99. The van der Waals surface area contributed by atoms with Crippen LogP contribution < -0.4 is 0 Å². The number of carbonyl (C=O) groups is 1. The molecule has 1 saturated heterocycles. The standard InChI is InChI=1S/C22H25ClN2O3S2/c23-16-6-7-18-20(13-16)30(27,28)14-15-12-19(29-21(15)18)22(26)25-10-8-24(9-11-25)17-4-2-1-3-5-17/h6-7,12-13,17H,1-5,8-11,14H2. The summed E-state index contributed by atoms with van der Waals surface area (Å²) >= 11 is 7.43. The Balaban J connectivity index is 1.35. The van der Waals surface area contributed by atoms with Crippen molar-refractivity contribution in [1.82, 2.24) is 9.80 Å². The molecule has 0 N–H and O–H groups in total. The molecule has 3 aliphatic rings. The maximum Gasteiger partial charge on any atom is 0.264 e. The van der Waals surface area contributed by atoms with Crippen LogP contribution in [0.3, 0.4) is 0 Å². The lowest BCUT2D eigenvalue weighted by Gasteiger charge is -2.40. The van der Waals surface area contributed by atoms with Crippen molar-refractivity contribution in [3.8, 4) is 10.4 Å². The van der Waals surface area contributed by atoms with Crippen LogP contribution in [-0.2, 0) is 15.6 Å². The van der Waals surface area contributed by atoms with Gasteiger partial charge in [-0.25, -0.2) is 8.42 Å². The number of hydrogen-bond donors (Lipinski definition) is 0. The van der Waals surface area contributed by atoms with Crippen molar-refractivity contribution in [1.29, 1.82) is 0 Å². The molecule has 1 aromatic heterocycles. The third-order valence-electron chi connectivity index (χ3n) is 6.58. The lowest BCUT2D eigenvalue weighted by Crippen LogP contribution is -2.52. The summed E-state index contributed by atoms with van der Waals surface area (Å²) < 4.78 is 25.4. The molecule has 1 amide bonds. The van der Waals surface area contributed by atoms with E-state index < -0.39 is 9.84 Å². The highest BCUT2D eigenvalue weighted by atomic mass is 35.5. The zero-order chi connectivity index (χ0) is 20.9. The van der Waals surface area contributed by atoms with Crippen LogP contribution in [0.1, 0.15) is 47.3 Å². The van der Waals surface area contributed by atoms with Gasteiger partial charge in [-0.1, -0.05) is 36.9 Å². The lowest BCUT2D eigenvalue weighted by molar-refractivity contribution is 0.0527. The largest absolute Gasteiger partial charge is 0.335 e. The summed E-state index contributed by atoms with van der Waals surface area (Å²) in [7, 11) is -3.44. The Morgan fingerprint density at radius 3 is 2.50 bits per heavy atom. The van der Waals surface area contributed by atoms with Crippen molar-refractivity contribution < 1.29 is 13.2 Å². The van der Waals surface area contributed by atoms with Crippen LogP contribution in [0.5, 0.6) is 0 Å². The Kier molecular flexibility index (Phi) is 5.42. The summed E-state index contributed by atoms with van der Waals surface area (Å²) in [6, 6.07) is 7.43. The number of rotatable bonds is 2. The molecule has 5 nitrogen and oxygen atoms in total. The molecular formula is C22H25ClN2O3S2. The van der Waals surface area contributed by atoms with E-state index in [0.29, 0.717) is 21.5 Å². The molecule has 2 fully saturated rings. The van der Waals surface area contributed by atoms with Gasteiger partial charge in [0, 0.05) is 47.7 Å². The van der Waals surface area contributed by atoms with Crippen LogP contribution in [0, 0.1) is 0 Å². The van der Waals surface area contributed by atoms with E-state index in [0.717, 1.165) is 36.6 Å². The third-order valence-corrected chi connectivity index (χ3v) is 9.71. The van der Waals surface area contributed by atoms with Gasteiger partial charge < -0.3 is 4.90 Å². The van der Waals surface area contributed by atoms with Crippen LogP contribution in [0.2, 0.25) is 5.02 Å². The van der Waals surface area contributed by atoms with Gasteiger partial charge in [0.1, 0.15) is 0 Å². The number of carbonyl (C=O) groups excluding carboxylic acids is 1. The smallest absolute Gasteiger partial charge is 0.264 e. The SMILES string of the molecule is O=C(c1cc2c(s1)-c1ccc(Cl)cc1S(=O)(=O)C2)N1CCN(C2CCCCC2)CC1. The molecule has 0 radical (unpaired) electrons. The Bertz CT molecular complexity index is 1080. The van der Waals surface area contributed by atoms with Crippen LogP contribution >= 0.6 is 22.9 Å². The maximum atomic E-state index is 13.2. The Morgan fingerprint density at radius 2 is 1.77 bits per heavy atom. The monoisotopic (exact) mass is 464 g/mol. The molecular weight excluding hydrogens is 440 g/mol. The highest BCUT2D eigenvalue weighted by Gasteiger charge is 2.33. The van der Waals surface area contributed by atoms with Gasteiger partial charge in [-0.05, 0) is 36.6 Å². The first kappa shape index (κ1) is 20.5. The minimum absolute atomic E-state index is 0.0191. The zero-order valence-electron chi connectivity index (χ0n) is 16.8. The van der Waals surface area contributed by atoms with Gasteiger partial charge in [-0.2, -0.15) is 0 Å². The number of fused-ring (bicyclic) bond motifs is 3. The summed E-state index contributed by atoms with van der Waals surface area (Å²) in [5.74, 6) is -0.0554. The molecule has 5 rings (SSSR count). The molecule has 1 saturated carbocycles. The van der Waals surface area contributed by atoms with Gasteiger partial charge in [0.25, 0.3) is 5.91 Å². The van der Waals surface area contributed by atoms with E-state index in [9.17, 15) is 13.2 Å². The topological polar surface area (TPSA) is 57.7 Å². The first-order valence-corrected chi connectivity index (χ1v) is 13.5. The summed E-state index contributed by atoms with van der Waals surface area (Å²) in [5, 5.41) is 0.407. The van der Waals surface area contributed by atoms with E-state index in [1.807, 2.05) is 4.90 Å². The third kappa shape index (κ3) is 3.70. The van der Waals surface area contributed by atoms with Crippen molar-refractivity contribution in [2.45, 2.75) is 48.8 Å². The number of piperazine rings is 1. The highest BCUT2D eigenvalue weighted by Crippen LogP contribution is 2.44. The molecule has 8 heteroatoms. The molecule has 160 valence electrons. The second kappa shape index (κ2) is 7.93. The van der Waals surface area contributed by atoms with Crippen molar-refractivity contribution >= 4 is 38.7 Å². The highest BCUT2D eigenvalue weighted by molar-refractivity contribution is 7.91. The molecule has 2 aromatic rings. The Labute approximate surface area is 186 Å². The fourth-order valence-corrected chi connectivity index (χ4v) is 8.17. The Morgan fingerprint density at radius 1 is 1.03 bits per heavy atom. The predicted molar refractivity (Wildman–Crippen MR) is 120 cm³/mol. The molecule has 0 atom stereocenters. The van der Waals surface area contributed by atoms with Gasteiger partial charge >= 0.3 is 0 Å². The van der Waals surface area contributed by atoms with Gasteiger partial charge in [0.05, 0.1) is 15.5 Å². The van der Waals surface area contributed by atoms with Gasteiger partial charge in [-0.3, -0.25) is 9.69 Å². The zero-order valence-corrected chi connectivity index (χ0v) is 19.2. The van der Waals surface area contributed by atoms with E-state index in [1.165, 1.54) is 49.5 Å².